The van der Waals surface area contributed by atoms with Gasteiger partial charge in [0.2, 0.25) is 11.8 Å². The molecular weight excluding hydrogens is 445 g/mol. The first-order chi connectivity index (χ1) is 14.5. The van der Waals surface area contributed by atoms with Gasteiger partial charge in [0.25, 0.3) is 0 Å². The second kappa shape index (κ2) is 9.34. The summed E-state index contributed by atoms with van der Waals surface area (Å²) in [6.07, 6.45) is 1.81. The van der Waals surface area contributed by atoms with Gasteiger partial charge in [-0.3, -0.25) is 4.79 Å². The minimum absolute atomic E-state index is 0.129. The first-order valence-electron chi connectivity index (χ1n) is 8.90. The number of thiophene rings is 1. The summed E-state index contributed by atoms with van der Waals surface area (Å²) in [6, 6.07) is 13.1. The first kappa shape index (κ1) is 20.5. The highest BCUT2D eigenvalue weighted by molar-refractivity contribution is 7.23. The van der Waals surface area contributed by atoms with Gasteiger partial charge in [0, 0.05) is 30.3 Å². The number of thiazole rings is 1. The smallest absolute Gasteiger partial charge is 0.226 e. The minimum Gasteiger partial charge on any atom is -0.439 e. The Morgan fingerprint density at radius 3 is 2.83 bits per heavy atom. The van der Waals surface area contributed by atoms with Gasteiger partial charge in [0.15, 0.2) is 0 Å². The fourth-order valence-electron chi connectivity index (χ4n) is 2.59. The second-order valence-electron chi connectivity index (χ2n) is 6.27. The summed E-state index contributed by atoms with van der Waals surface area (Å²) < 4.78 is 19.4. The number of aromatic nitrogens is 2. The van der Waals surface area contributed by atoms with Crippen molar-refractivity contribution in [3.05, 3.63) is 81.5 Å². The van der Waals surface area contributed by atoms with E-state index in [9.17, 15) is 9.18 Å². The molecule has 0 radical (unpaired) electrons. The molecule has 0 saturated carbocycles. The number of amides is 1. The number of benzene rings is 1. The van der Waals surface area contributed by atoms with E-state index in [2.05, 4.69) is 15.3 Å². The molecule has 0 bridgehead atoms. The van der Waals surface area contributed by atoms with Crippen molar-refractivity contribution in [2.45, 2.75) is 13.0 Å². The number of hydrogen-bond donors (Lipinski definition) is 1. The fourth-order valence-corrected chi connectivity index (χ4v) is 4.52. The Morgan fingerprint density at radius 2 is 2.10 bits per heavy atom. The third kappa shape index (κ3) is 5.41. The number of halogens is 2. The van der Waals surface area contributed by atoms with Gasteiger partial charge in [-0.25, -0.2) is 14.4 Å². The van der Waals surface area contributed by atoms with E-state index in [-0.39, 0.29) is 18.1 Å². The highest BCUT2D eigenvalue weighted by atomic mass is 35.5. The summed E-state index contributed by atoms with van der Waals surface area (Å²) in [5.41, 5.74) is 1.54. The van der Waals surface area contributed by atoms with Crippen molar-refractivity contribution >= 4 is 40.2 Å². The summed E-state index contributed by atoms with van der Waals surface area (Å²) in [4.78, 5) is 21.9. The molecule has 0 spiro atoms. The van der Waals surface area contributed by atoms with Crippen LogP contribution in [0.5, 0.6) is 11.6 Å². The summed E-state index contributed by atoms with van der Waals surface area (Å²) >= 11 is 8.91. The van der Waals surface area contributed by atoms with Crippen molar-refractivity contribution < 1.29 is 13.9 Å². The first-order valence-corrected chi connectivity index (χ1v) is 11.0. The highest BCUT2D eigenvalue weighted by Gasteiger charge is 2.11. The lowest BCUT2D eigenvalue weighted by molar-refractivity contribution is -0.120. The zero-order valence-electron chi connectivity index (χ0n) is 15.5. The molecule has 9 heteroatoms. The Labute approximate surface area is 185 Å². The van der Waals surface area contributed by atoms with E-state index in [0.717, 1.165) is 15.4 Å². The molecule has 0 aliphatic carbocycles. The van der Waals surface area contributed by atoms with Gasteiger partial charge in [-0.15, -0.1) is 22.7 Å². The van der Waals surface area contributed by atoms with Crippen LogP contribution in [0.15, 0.2) is 60.1 Å². The van der Waals surface area contributed by atoms with Crippen molar-refractivity contribution in [3.8, 4) is 21.5 Å². The molecule has 1 amide bonds. The van der Waals surface area contributed by atoms with Gasteiger partial charge in [-0.05, 0) is 29.8 Å². The Balaban J connectivity index is 1.28. The van der Waals surface area contributed by atoms with Crippen LogP contribution >= 0.6 is 34.3 Å². The number of nitrogens with zero attached hydrogens (tertiary/aromatic N) is 2. The summed E-state index contributed by atoms with van der Waals surface area (Å²) in [6.45, 7) is 0.337. The third-order valence-corrected chi connectivity index (χ3v) is 6.27. The normalized spacial score (nSPS) is 10.7. The van der Waals surface area contributed by atoms with Crippen molar-refractivity contribution in [2.75, 3.05) is 0 Å². The maximum Gasteiger partial charge on any atom is 0.226 e. The molecule has 1 N–H and O–H groups in total. The molecule has 0 unspecified atom stereocenters. The molecule has 0 atom stereocenters. The number of hydrogen-bond acceptors (Lipinski definition) is 6. The van der Waals surface area contributed by atoms with Crippen molar-refractivity contribution in [1.82, 2.24) is 15.3 Å². The third-order valence-electron chi connectivity index (χ3n) is 3.98. The number of rotatable bonds is 7. The van der Waals surface area contributed by atoms with Gasteiger partial charge in [0.1, 0.15) is 16.6 Å². The van der Waals surface area contributed by atoms with E-state index < -0.39 is 0 Å². The Bertz CT molecular complexity index is 1160. The van der Waals surface area contributed by atoms with E-state index in [4.69, 9.17) is 16.3 Å². The van der Waals surface area contributed by atoms with Gasteiger partial charge < -0.3 is 10.1 Å². The zero-order valence-corrected chi connectivity index (χ0v) is 17.9. The molecule has 4 aromatic rings. The van der Waals surface area contributed by atoms with Crippen LogP contribution in [0.3, 0.4) is 0 Å². The van der Waals surface area contributed by atoms with Crippen LogP contribution in [0.2, 0.25) is 4.34 Å². The monoisotopic (exact) mass is 459 g/mol. The molecule has 3 aromatic heterocycles. The molecule has 30 heavy (non-hydrogen) atoms. The molecule has 1 aromatic carbocycles. The van der Waals surface area contributed by atoms with E-state index in [1.807, 2.05) is 17.5 Å². The van der Waals surface area contributed by atoms with Crippen LogP contribution in [0.1, 0.15) is 11.3 Å². The molecule has 152 valence electrons. The van der Waals surface area contributed by atoms with Crippen LogP contribution in [-0.2, 0) is 17.8 Å². The topological polar surface area (TPSA) is 64.1 Å². The van der Waals surface area contributed by atoms with E-state index in [1.54, 1.807) is 30.5 Å². The molecule has 0 saturated heterocycles. The van der Waals surface area contributed by atoms with Crippen LogP contribution in [0.25, 0.3) is 9.88 Å². The quantitative estimate of drug-likeness (QED) is 0.384. The molecule has 0 fully saturated rings. The summed E-state index contributed by atoms with van der Waals surface area (Å²) in [5, 5.41) is 5.59. The predicted octanol–water partition coefficient (Wildman–Crippen LogP) is 5.71. The van der Waals surface area contributed by atoms with E-state index >= 15 is 0 Å². The highest BCUT2D eigenvalue weighted by Crippen LogP contribution is 2.33. The molecule has 4 rings (SSSR count). The number of pyridine rings is 1. The molecule has 0 aliphatic heterocycles. The standard InChI is InChI=1S/C21H15ClFN3O2S2/c22-18-6-5-17(30-18)21-26-15(12-29-21)9-19(27)24-10-13-4-7-20(25-11-13)28-16-3-1-2-14(23)8-16/h1-8,11-12H,9-10H2,(H,24,27). The maximum absolute atomic E-state index is 13.2. The number of carbonyl (C=O) groups excluding carboxylic acids is 1. The van der Waals surface area contributed by atoms with Crippen LogP contribution in [-0.4, -0.2) is 15.9 Å². The molecule has 3 heterocycles. The number of nitrogens with one attached hydrogen (secondary N) is 1. The van der Waals surface area contributed by atoms with Gasteiger partial charge in [-0.2, -0.15) is 0 Å². The minimum atomic E-state index is -0.377. The lowest BCUT2D eigenvalue weighted by atomic mass is 10.2. The molecule has 5 nitrogen and oxygen atoms in total. The Morgan fingerprint density at radius 1 is 1.20 bits per heavy atom. The lowest BCUT2D eigenvalue weighted by Crippen LogP contribution is -2.24. The van der Waals surface area contributed by atoms with E-state index in [1.165, 1.54) is 34.8 Å². The van der Waals surface area contributed by atoms with Crippen molar-refractivity contribution in [2.24, 2.45) is 0 Å². The Kier molecular flexibility index (Phi) is 6.37. The number of carbonyl (C=O) groups is 1. The van der Waals surface area contributed by atoms with Crippen molar-refractivity contribution in [3.63, 3.8) is 0 Å². The van der Waals surface area contributed by atoms with Gasteiger partial charge >= 0.3 is 0 Å². The van der Waals surface area contributed by atoms with Crippen molar-refractivity contribution in [1.29, 1.82) is 0 Å². The molecule has 0 aliphatic rings. The maximum atomic E-state index is 13.2. The average molecular weight is 460 g/mol. The van der Waals surface area contributed by atoms with E-state index in [0.29, 0.717) is 28.2 Å². The van der Waals surface area contributed by atoms with Gasteiger partial charge in [-0.1, -0.05) is 23.7 Å². The second-order valence-corrected chi connectivity index (χ2v) is 8.84. The molecular formula is C21H15ClFN3O2S2. The zero-order chi connectivity index (χ0) is 20.9. The van der Waals surface area contributed by atoms with Gasteiger partial charge in [0.05, 0.1) is 21.3 Å². The van der Waals surface area contributed by atoms with Crippen LogP contribution in [0, 0.1) is 5.82 Å². The van der Waals surface area contributed by atoms with Crippen LogP contribution in [0.4, 0.5) is 4.39 Å². The largest absolute Gasteiger partial charge is 0.439 e. The summed E-state index contributed by atoms with van der Waals surface area (Å²) in [5.74, 6) is 0.213. The SMILES string of the molecule is O=C(Cc1csc(-c2ccc(Cl)s2)n1)NCc1ccc(Oc2cccc(F)c2)nc1. The Hall–Kier alpha value is -2.81. The summed E-state index contributed by atoms with van der Waals surface area (Å²) in [7, 11) is 0. The lowest BCUT2D eigenvalue weighted by Gasteiger charge is -2.07. The number of ether oxygens (including phenoxy) is 1. The predicted molar refractivity (Wildman–Crippen MR) is 117 cm³/mol. The average Bonchev–Trinajstić information content (AvgIpc) is 3.36. The van der Waals surface area contributed by atoms with Crippen LogP contribution < -0.4 is 10.1 Å². The fraction of sp³-hybridized carbons (Fsp3) is 0.0952.